The smallest absolute Gasteiger partial charge is 0.133 e. The number of halogens is 1. The van der Waals surface area contributed by atoms with Crippen LogP contribution in [0.4, 0.5) is 0 Å². The minimum absolute atomic E-state index is 0.465. The van der Waals surface area contributed by atoms with Crippen molar-refractivity contribution in [3.8, 4) is 11.5 Å². The first-order chi connectivity index (χ1) is 8.97. The molecule has 0 radical (unpaired) electrons. The van der Waals surface area contributed by atoms with E-state index in [9.17, 15) is 5.11 Å². The van der Waals surface area contributed by atoms with Crippen molar-refractivity contribution in [3.63, 3.8) is 0 Å². The van der Waals surface area contributed by atoms with E-state index in [1.54, 1.807) is 6.92 Å². The highest BCUT2D eigenvalue weighted by atomic mass is 35.5. The van der Waals surface area contributed by atoms with E-state index in [1.807, 2.05) is 50.2 Å². The lowest BCUT2D eigenvalue weighted by Crippen LogP contribution is -1.93. The van der Waals surface area contributed by atoms with E-state index in [0.717, 1.165) is 28.2 Å². The zero-order valence-electron chi connectivity index (χ0n) is 11.3. The molecule has 100 valence electrons. The van der Waals surface area contributed by atoms with Crippen molar-refractivity contribution in [1.29, 1.82) is 0 Å². The number of hydrogen-bond acceptors (Lipinski definition) is 2. The third kappa shape index (κ3) is 3.28. The van der Waals surface area contributed by atoms with Gasteiger partial charge >= 0.3 is 0 Å². The van der Waals surface area contributed by atoms with Crippen LogP contribution >= 0.6 is 11.6 Å². The Balaban J connectivity index is 2.26. The second-order valence-electron chi connectivity index (χ2n) is 4.72. The summed E-state index contributed by atoms with van der Waals surface area (Å²) in [7, 11) is 0. The second kappa shape index (κ2) is 5.64. The number of rotatable bonds is 3. The van der Waals surface area contributed by atoms with Crippen molar-refractivity contribution in [2.75, 3.05) is 0 Å². The number of ether oxygens (including phenoxy) is 1. The molecule has 0 spiro atoms. The fraction of sp³-hybridized carbons (Fsp3) is 0.250. The van der Waals surface area contributed by atoms with Crippen LogP contribution in [-0.2, 0) is 0 Å². The van der Waals surface area contributed by atoms with Crippen molar-refractivity contribution >= 4 is 11.6 Å². The maximum Gasteiger partial charge on any atom is 0.133 e. The SMILES string of the molecule is Cc1cc(Cl)cc(C)c1Oc1ccc([C@H](C)O)cc1. The third-order valence-corrected chi connectivity index (χ3v) is 3.23. The van der Waals surface area contributed by atoms with Crippen molar-refractivity contribution in [2.24, 2.45) is 0 Å². The molecule has 2 aromatic carbocycles. The van der Waals surface area contributed by atoms with Crippen LogP contribution in [0.15, 0.2) is 36.4 Å². The van der Waals surface area contributed by atoms with E-state index in [-0.39, 0.29) is 0 Å². The highest BCUT2D eigenvalue weighted by Crippen LogP contribution is 2.31. The first-order valence-electron chi connectivity index (χ1n) is 6.20. The summed E-state index contributed by atoms with van der Waals surface area (Å²) in [5, 5.41) is 10.2. The van der Waals surface area contributed by atoms with Gasteiger partial charge in [-0.2, -0.15) is 0 Å². The average molecular weight is 277 g/mol. The number of benzene rings is 2. The normalized spacial score (nSPS) is 12.3. The van der Waals surface area contributed by atoms with Gasteiger partial charge in [-0.1, -0.05) is 23.7 Å². The van der Waals surface area contributed by atoms with Gasteiger partial charge in [0.1, 0.15) is 11.5 Å². The molecular formula is C16H17ClO2. The minimum Gasteiger partial charge on any atom is -0.457 e. The maximum absolute atomic E-state index is 9.47. The van der Waals surface area contributed by atoms with Gasteiger partial charge in [0.25, 0.3) is 0 Å². The van der Waals surface area contributed by atoms with Crippen molar-refractivity contribution < 1.29 is 9.84 Å². The molecule has 0 heterocycles. The van der Waals surface area contributed by atoms with Gasteiger partial charge in [0.2, 0.25) is 0 Å². The molecule has 0 saturated heterocycles. The molecule has 0 aliphatic heterocycles. The highest BCUT2D eigenvalue weighted by Gasteiger charge is 2.07. The molecule has 1 atom stereocenters. The van der Waals surface area contributed by atoms with Crippen LogP contribution in [-0.4, -0.2) is 5.11 Å². The molecule has 0 amide bonds. The molecule has 0 aliphatic rings. The zero-order valence-corrected chi connectivity index (χ0v) is 12.0. The van der Waals surface area contributed by atoms with Crippen LogP contribution in [0.5, 0.6) is 11.5 Å². The summed E-state index contributed by atoms with van der Waals surface area (Å²) < 4.78 is 5.89. The van der Waals surface area contributed by atoms with E-state index in [4.69, 9.17) is 16.3 Å². The van der Waals surface area contributed by atoms with Gasteiger partial charge in [0.05, 0.1) is 6.10 Å². The number of aliphatic hydroxyl groups is 1. The maximum atomic E-state index is 9.47. The Morgan fingerprint density at radius 2 is 1.58 bits per heavy atom. The summed E-state index contributed by atoms with van der Waals surface area (Å²) in [6, 6.07) is 11.2. The van der Waals surface area contributed by atoms with E-state index >= 15 is 0 Å². The van der Waals surface area contributed by atoms with Crippen LogP contribution in [0.1, 0.15) is 29.7 Å². The van der Waals surface area contributed by atoms with Gasteiger partial charge in [-0.15, -0.1) is 0 Å². The van der Waals surface area contributed by atoms with Crippen LogP contribution in [0.25, 0.3) is 0 Å². The fourth-order valence-corrected chi connectivity index (χ4v) is 2.32. The minimum atomic E-state index is -0.465. The topological polar surface area (TPSA) is 29.5 Å². The summed E-state index contributed by atoms with van der Waals surface area (Å²) in [6.07, 6.45) is -0.465. The summed E-state index contributed by atoms with van der Waals surface area (Å²) in [4.78, 5) is 0. The highest BCUT2D eigenvalue weighted by molar-refractivity contribution is 6.30. The molecule has 0 aromatic heterocycles. The van der Waals surface area contributed by atoms with Crippen LogP contribution < -0.4 is 4.74 Å². The average Bonchev–Trinajstić information content (AvgIpc) is 2.34. The quantitative estimate of drug-likeness (QED) is 0.872. The molecule has 0 saturated carbocycles. The fourth-order valence-electron chi connectivity index (χ4n) is 1.99. The number of aryl methyl sites for hydroxylation is 2. The first kappa shape index (κ1) is 13.9. The molecule has 19 heavy (non-hydrogen) atoms. The third-order valence-electron chi connectivity index (χ3n) is 3.01. The zero-order chi connectivity index (χ0) is 14.0. The van der Waals surface area contributed by atoms with Crippen LogP contribution in [0.3, 0.4) is 0 Å². The van der Waals surface area contributed by atoms with Crippen molar-refractivity contribution in [3.05, 3.63) is 58.1 Å². The van der Waals surface area contributed by atoms with E-state index < -0.39 is 6.10 Å². The van der Waals surface area contributed by atoms with Crippen LogP contribution in [0, 0.1) is 13.8 Å². The van der Waals surface area contributed by atoms with Gasteiger partial charge in [-0.3, -0.25) is 0 Å². The van der Waals surface area contributed by atoms with E-state index in [0.29, 0.717) is 5.02 Å². The largest absolute Gasteiger partial charge is 0.457 e. The Bertz CT molecular complexity index is 551. The molecule has 2 nitrogen and oxygen atoms in total. The summed E-state index contributed by atoms with van der Waals surface area (Å²) in [5.41, 5.74) is 2.88. The van der Waals surface area contributed by atoms with Crippen LogP contribution in [0.2, 0.25) is 5.02 Å². The molecule has 0 aliphatic carbocycles. The Hall–Kier alpha value is -1.51. The summed E-state index contributed by atoms with van der Waals surface area (Å²) in [5.74, 6) is 1.58. The van der Waals surface area contributed by atoms with Gasteiger partial charge in [-0.05, 0) is 61.7 Å². The molecule has 0 fully saturated rings. The summed E-state index contributed by atoms with van der Waals surface area (Å²) >= 11 is 6.00. The van der Waals surface area contributed by atoms with Gasteiger partial charge < -0.3 is 9.84 Å². The van der Waals surface area contributed by atoms with Gasteiger partial charge in [0.15, 0.2) is 0 Å². The molecule has 2 aromatic rings. The second-order valence-corrected chi connectivity index (χ2v) is 5.15. The lowest BCUT2D eigenvalue weighted by atomic mass is 10.1. The number of hydrogen-bond donors (Lipinski definition) is 1. The predicted molar refractivity (Wildman–Crippen MR) is 78.1 cm³/mol. The Morgan fingerprint density at radius 1 is 1.05 bits per heavy atom. The Kier molecular flexibility index (Phi) is 4.13. The number of aliphatic hydroxyl groups excluding tert-OH is 1. The standard InChI is InChI=1S/C16H17ClO2/c1-10-8-14(17)9-11(2)16(10)19-15-6-4-13(5-7-15)12(3)18/h4-9,12,18H,1-3H3/t12-/m0/s1. The lowest BCUT2D eigenvalue weighted by Gasteiger charge is -2.13. The van der Waals surface area contributed by atoms with E-state index in [1.165, 1.54) is 0 Å². The molecule has 0 bridgehead atoms. The molecule has 2 rings (SSSR count). The molecule has 0 unspecified atom stereocenters. The monoisotopic (exact) mass is 276 g/mol. The first-order valence-corrected chi connectivity index (χ1v) is 6.58. The van der Waals surface area contributed by atoms with Gasteiger partial charge in [-0.25, -0.2) is 0 Å². The Morgan fingerprint density at radius 3 is 2.05 bits per heavy atom. The van der Waals surface area contributed by atoms with Gasteiger partial charge in [0, 0.05) is 5.02 Å². The van der Waals surface area contributed by atoms with E-state index in [2.05, 4.69) is 0 Å². The predicted octanol–water partition coefficient (Wildman–Crippen LogP) is 4.80. The van der Waals surface area contributed by atoms with Crippen molar-refractivity contribution in [1.82, 2.24) is 0 Å². The summed E-state index contributed by atoms with van der Waals surface area (Å²) in [6.45, 7) is 5.68. The molecule has 1 N–H and O–H groups in total. The Labute approximate surface area is 118 Å². The molecular weight excluding hydrogens is 260 g/mol. The molecule has 3 heteroatoms. The van der Waals surface area contributed by atoms with Crippen molar-refractivity contribution in [2.45, 2.75) is 26.9 Å². The lowest BCUT2D eigenvalue weighted by molar-refractivity contribution is 0.199.